The van der Waals surface area contributed by atoms with Crippen molar-refractivity contribution in [1.82, 2.24) is 5.32 Å². The molecule has 2 rings (SSSR count). The summed E-state index contributed by atoms with van der Waals surface area (Å²) in [4.78, 5) is 0. The monoisotopic (exact) mass is 127 g/mol. The largest absolute Gasteiger partial charge is 0.379 e. The van der Waals surface area contributed by atoms with Gasteiger partial charge in [0.1, 0.15) is 0 Å². The molecule has 0 amide bonds. The van der Waals surface area contributed by atoms with Gasteiger partial charge < -0.3 is 10.1 Å². The van der Waals surface area contributed by atoms with Crippen LogP contribution < -0.4 is 5.32 Å². The number of rotatable bonds is 0. The van der Waals surface area contributed by atoms with Crippen LogP contribution in [0.3, 0.4) is 0 Å². The summed E-state index contributed by atoms with van der Waals surface area (Å²) in [5, 5.41) is 3.49. The minimum atomic E-state index is 0.416. The van der Waals surface area contributed by atoms with E-state index in [-0.39, 0.29) is 0 Å². The van der Waals surface area contributed by atoms with Crippen LogP contribution in [0.4, 0.5) is 0 Å². The normalized spacial score (nSPS) is 49.7. The Bertz CT molecular complexity index is 110. The van der Waals surface area contributed by atoms with E-state index in [1.807, 2.05) is 0 Å². The van der Waals surface area contributed by atoms with Crippen molar-refractivity contribution in [3.05, 3.63) is 0 Å². The molecule has 0 aliphatic carbocycles. The minimum Gasteiger partial charge on any atom is -0.379 e. The highest BCUT2D eigenvalue weighted by Gasteiger charge is 2.43. The molecule has 52 valence electrons. The second-order valence-corrected chi connectivity index (χ2v) is 3.33. The molecule has 1 N–H and O–H groups in total. The Hall–Kier alpha value is -0.0800. The quantitative estimate of drug-likeness (QED) is 0.512. The topological polar surface area (TPSA) is 21.3 Å². The van der Waals surface area contributed by atoms with Gasteiger partial charge in [0.05, 0.1) is 6.61 Å². The summed E-state index contributed by atoms with van der Waals surface area (Å²) < 4.78 is 5.29. The Balaban J connectivity index is 1.95. The van der Waals surface area contributed by atoms with E-state index in [2.05, 4.69) is 12.2 Å². The summed E-state index contributed by atoms with van der Waals surface area (Å²) in [6, 6.07) is 0.728. The molecule has 0 radical (unpaired) electrons. The van der Waals surface area contributed by atoms with Gasteiger partial charge in [-0.2, -0.15) is 0 Å². The van der Waals surface area contributed by atoms with E-state index >= 15 is 0 Å². The molecule has 2 aliphatic rings. The fourth-order valence-corrected chi connectivity index (χ4v) is 1.97. The maximum absolute atomic E-state index is 5.29. The van der Waals surface area contributed by atoms with Gasteiger partial charge in [-0.1, -0.05) is 0 Å². The van der Waals surface area contributed by atoms with E-state index < -0.39 is 0 Å². The van der Waals surface area contributed by atoms with E-state index in [1.54, 1.807) is 0 Å². The molecule has 2 nitrogen and oxygen atoms in total. The van der Waals surface area contributed by atoms with Crippen LogP contribution in [0.15, 0.2) is 0 Å². The van der Waals surface area contributed by atoms with Gasteiger partial charge in [-0.05, 0) is 19.8 Å². The number of hydrogen-bond acceptors (Lipinski definition) is 2. The highest BCUT2D eigenvalue weighted by Crippen LogP contribution is 2.31. The van der Waals surface area contributed by atoms with Crippen molar-refractivity contribution in [2.24, 2.45) is 0 Å². The zero-order chi connectivity index (χ0) is 6.32. The SMILES string of the molecule is CC1CC2(CCOC2)N1. The Kier molecular flexibility index (Phi) is 1.08. The predicted molar refractivity (Wildman–Crippen MR) is 35.4 cm³/mol. The molecule has 2 aliphatic heterocycles. The molecule has 0 bridgehead atoms. The maximum atomic E-state index is 5.29. The Labute approximate surface area is 55.6 Å². The molecule has 1 spiro atoms. The molecule has 2 fully saturated rings. The third-order valence-corrected chi connectivity index (χ3v) is 2.35. The van der Waals surface area contributed by atoms with E-state index in [4.69, 9.17) is 4.74 Å². The minimum absolute atomic E-state index is 0.416. The average Bonchev–Trinajstić information content (AvgIpc) is 2.12. The highest BCUT2D eigenvalue weighted by atomic mass is 16.5. The standard InChI is InChI=1S/C7H13NO/c1-6-4-7(8-6)2-3-9-5-7/h6,8H,2-5H2,1H3. The molecule has 0 aromatic heterocycles. The van der Waals surface area contributed by atoms with Crippen LogP contribution in [0.25, 0.3) is 0 Å². The second-order valence-electron chi connectivity index (χ2n) is 3.33. The maximum Gasteiger partial charge on any atom is 0.0649 e. The molecular formula is C7H13NO. The van der Waals surface area contributed by atoms with E-state index in [9.17, 15) is 0 Å². The third-order valence-electron chi connectivity index (χ3n) is 2.35. The van der Waals surface area contributed by atoms with Gasteiger partial charge in [0.25, 0.3) is 0 Å². The lowest BCUT2D eigenvalue weighted by Gasteiger charge is -2.44. The molecular weight excluding hydrogens is 114 g/mol. The number of hydrogen-bond donors (Lipinski definition) is 1. The fourth-order valence-electron chi connectivity index (χ4n) is 1.97. The van der Waals surface area contributed by atoms with Crippen molar-refractivity contribution < 1.29 is 4.74 Å². The molecule has 0 aromatic rings. The van der Waals surface area contributed by atoms with Crippen LogP contribution in [0.1, 0.15) is 19.8 Å². The first kappa shape index (κ1) is 5.69. The van der Waals surface area contributed by atoms with Gasteiger partial charge >= 0.3 is 0 Å². The molecule has 0 saturated carbocycles. The van der Waals surface area contributed by atoms with Crippen LogP contribution in [0.2, 0.25) is 0 Å². The number of ether oxygens (including phenoxy) is 1. The molecule has 9 heavy (non-hydrogen) atoms. The lowest BCUT2D eigenvalue weighted by molar-refractivity contribution is 0.105. The van der Waals surface area contributed by atoms with Gasteiger partial charge in [0.2, 0.25) is 0 Å². The summed E-state index contributed by atoms with van der Waals surface area (Å²) >= 11 is 0. The van der Waals surface area contributed by atoms with Crippen LogP contribution in [-0.4, -0.2) is 24.8 Å². The van der Waals surface area contributed by atoms with Crippen LogP contribution in [0.5, 0.6) is 0 Å². The van der Waals surface area contributed by atoms with E-state index in [1.165, 1.54) is 12.8 Å². The first-order valence-corrected chi connectivity index (χ1v) is 3.66. The van der Waals surface area contributed by atoms with E-state index in [0.717, 1.165) is 19.3 Å². The summed E-state index contributed by atoms with van der Waals surface area (Å²) in [6.07, 6.45) is 2.53. The number of nitrogens with one attached hydrogen (secondary N) is 1. The van der Waals surface area contributed by atoms with Crippen molar-refractivity contribution in [1.29, 1.82) is 0 Å². The molecule has 0 aromatic carbocycles. The molecule has 2 unspecified atom stereocenters. The molecule has 2 heteroatoms. The lowest BCUT2D eigenvalue weighted by atomic mass is 9.82. The van der Waals surface area contributed by atoms with Gasteiger partial charge in [0, 0.05) is 18.2 Å². The molecule has 2 atom stereocenters. The lowest BCUT2D eigenvalue weighted by Crippen LogP contribution is -2.62. The van der Waals surface area contributed by atoms with Gasteiger partial charge in [-0.15, -0.1) is 0 Å². The molecule has 2 saturated heterocycles. The summed E-state index contributed by atoms with van der Waals surface area (Å²) in [5.74, 6) is 0. The predicted octanol–water partition coefficient (Wildman–Crippen LogP) is 0.527. The zero-order valence-electron chi connectivity index (χ0n) is 5.81. The Morgan fingerprint density at radius 3 is 2.89 bits per heavy atom. The Morgan fingerprint density at radius 2 is 2.44 bits per heavy atom. The summed E-state index contributed by atoms with van der Waals surface area (Å²) in [7, 11) is 0. The Morgan fingerprint density at radius 1 is 1.67 bits per heavy atom. The van der Waals surface area contributed by atoms with Gasteiger partial charge in [0.15, 0.2) is 0 Å². The van der Waals surface area contributed by atoms with Crippen LogP contribution >= 0.6 is 0 Å². The second kappa shape index (κ2) is 1.70. The van der Waals surface area contributed by atoms with Gasteiger partial charge in [-0.25, -0.2) is 0 Å². The van der Waals surface area contributed by atoms with Crippen molar-refractivity contribution in [3.63, 3.8) is 0 Å². The van der Waals surface area contributed by atoms with Crippen LogP contribution in [0, 0.1) is 0 Å². The highest BCUT2D eigenvalue weighted by molar-refractivity contribution is 5.03. The molecule has 2 heterocycles. The summed E-state index contributed by atoms with van der Waals surface area (Å²) in [6.45, 7) is 4.13. The average molecular weight is 127 g/mol. The first-order valence-electron chi connectivity index (χ1n) is 3.66. The van der Waals surface area contributed by atoms with Crippen LogP contribution in [-0.2, 0) is 4.74 Å². The summed E-state index contributed by atoms with van der Waals surface area (Å²) in [5.41, 5.74) is 0.416. The zero-order valence-corrected chi connectivity index (χ0v) is 5.81. The van der Waals surface area contributed by atoms with Gasteiger partial charge in [-0.3, -0.25) is 0 Å². The fraction of sp³-hybridized carbons (Fsp3) is 1.00. The smallest absolute Gasteiger partial charge is 0.0649 e. The van der Waals surface area contributed by atoms with Crippen molar-refractivity contribution in [3.8, 4) is 0 Å². The third kappa shape index (κ3) is 0.775. The van der Waals surface area contributed by atoms with Crippen molar-refractivity contribution in [2.75, 3.05) is 13.2 Å². The van der Waals surface area contributed by atoms with Crippen molar-refractivity contribution in [2.45, 2.75) is 31.3 Å². The van der Waals surface area contributed by atoms with E-state index in [0.29, 0.717) is 5.54 Å². The first-order chi connectivity index (χ1) is 4.31. The van der Waals surface area contributed by atoms with Crippen molar-refractivity contribution >= 4 is 0 Å².